The van der Waals surface area contributed by atoms with Crippen LogP contribution in [0.5, 0.6) is 0 Å². The molecule has 2 N–H and O–H groups in total. The van der Waals surface area contributed by atoms with Crippen molar-refractivity contribution in [1.29, 1.82) is 0 Å². The summed E-state index contributed by atoms with van der Waals surface area (Å²) in [6.07, 6.45) is 5.48. The van der Waals surface area contributed by atoms with Gasteiger partial charge in [-0.2, -0.15) is 0 Å². The fraction of sp³-hybridized carbons (Fsp3) is 0.304. The Hall–Kier alpha value is -2.52. The van der Waals surface area contributed by atoms with Crippen LogP contribution >= 0.6 is 0 Å². The first-order valence-corrected chi connectivity index (χ1v) is 9.46. The van der Waals surface area contributed by atoms with Crippen molar-refractivity contribution in [1.82, 2.24) is 5.32 Å². The molecular weight excluding hydrogens is 320 g/mol. The third-order valence-corrected chi connectivity index (χ3v) is 5.34. The molecule has 1 aliphatic heterocycles. The maximum atomic E-state index is 6.01. The molecule has 4 rings (SSSR count). The summed E-state index contributed by atoms with van der Waals surface area (Å²) < 4.78 is 6.01. The highest BCUT2D eigenvalue weighted by molar-refractivity contribution is 5.89. The molecule has 2 heterocycles. The van der Waals surface area contributed by atoms with Crippen molar-refractivity contribution < 1.29 is 4.42 Å². The van der Waals surface area contributed by atoms with Crippen LogP contribution < -0.4 is 10.6 Å². The van der Waals surface area contributed by atoms with Crippen molar-refractivity contribution in [3.8, 4) is 22.5 Å². The van der Waals surface area contributed by atoms with Crippen molar-refractivity contribution in [3.05, 3.63) is 66.9 Å². The van der Waals surface area contributed by atoms with E-state index in [2.05, 4.69) is 54.0 Å². The van der Waals surface area contributed by atoms with Crippen LogP contribution in [0.15, 0.2) is 71.3 Å². The Morgan fingerprint density at radius 3 is 2.35 bits per heavy atom. The molecular formula is C23H26N2O. The summed E-state index contributed by atoms with van der Waals surface area (Å²) in [6, 6.07) is 20.8. The summed E-state index contributed by atoms with van der Waals surface area (Å²) in [7, 11) is 0. The molecule has 1 aliphatic rings. The average Bonchev–Trinajstić information content (AvgIpc) is 3.30. The highest BCUT2D eigenvalue weighted by Gasteiger charge is 2.27. The Morgan fingerprint density at radius 2 is 1.69 bits per heavy atom. The third kappa shape index (κ3) is 3.54. The molecule has 3 heteroatoms. The lowest BCUT2D eigenvalue weighted by atomic mass is 9.96. The van der Waals surface area contributed by atoms with Crippen molar-refractivity contribution in [2.75, 3.05) is 18.4 Å². The molecule has 0 radical (unpaired) electrons. The van der Waals surface area contributed by atoms with Gasteiger partial charge in [-0.15, -0.1) is 0 Å². The lowest BCUT2D eigenvalue weighted by molar-refractivity contribution is 0.394. The molecule has 3 aromatic rings. The molecule has 0 amide bonds. The molecule has 0 unspecified atom stereocenters. The minimum atomic E-state index is 0.256. The highest BCUT2D eigenvalue weighted by atomic mass is 16.3. The van der Waals surface area contributed by atoms with Gasteiger partial charge in [0.15, 0.2) is 0 Å². The van der Waals surface area contributed by atoms with Gasteiger partial charge in [-0.05, 0) is 38.3 Å². The minimum Gasteiger partial charge on any atom is -0.461 e. The number of nitrogens with one attached hydrogen (secondary N) is 2. The van der Waals surface area contributed by atoms with Crippen molar-refractivity contribution in [2.45, 2.75) is 31.7 Å². The molecule has 26 heavy (non-hydrogen) atoms. The topological polar surface area (TPSA) is 37.2 Å². The van der Waals surface area contributed by atoms with Gasteiger partial charge >= 0.3 is 0 Å². The number of hydrogen-bond donors (Lipinski definition) is 2. The standard InChI is InChI=1S/C23H26N2O/c1-23(13-8-15-25-23)14-16-24-20-17-26-22(19-11-6-3-7-12-19)21(20)18-9-4-2-5-10-18/h2-7,9-12,17,24-25H,8,13-16H2,1H3/t23-/m0/s1. The summed E-state index contributed by atoms with van der Waals surface area (Å²) in [6.45, 7) is 4.39. The summed E-state index contributed by atoms with van der Waals surface area (Å²) in [5.74, 6) is 0.921. The summed E-state index contributed by atoms with van der Waals surface area (Å²) >= 11 is 0. The molecule has 1 aromatic heterocycles. The molecule has 2 aromatic carbocycles. The fourth-order valence-corrected chi connectivity index (χ4v) is 3.82. The number of hydrogen-bond acceptors (Lipinski definition) is 3. The van der Waals surface area contributed by atoms with E-state index in [1.165, 1.54) is 18.4 Å². The molecule has 1 atom stereocenters. The highest BCUT2D eigenvalue weighted by Crippen LogP contribution is 2.39. The molecule has 0 saturated carbocycles. The minimum absolute atomic E-state index is 0.256. The van der Waals surface area contributed by atoms with Crippen LogP contribution in [0.3, 0.4) is 0 Å². The quantitative estimate of drug-likeness (QED) is 0.614. The summed E-state index contributed by atoms with van der Waals surface area (Å²) in [5, 5.41) is 7.25. The van der Waals surface area contributed by atoms with Crippen molar-refractivity contribution in [2.24, 2.45) is 0 Å². The van der Waals surface area contributed by atoms with Crippen LogP contribution in [-0.4, -0.2) is 18.6 Å². The monoisotopic (exact) mass is 346 g/mol. The lowest BCUT2D eigenvalue weighted by Crippen LogP contribution is -2.37. The van der Waals surface area contributed by atoms with Gasteiger partial charge in [-0.1, -0.05) is 60.7 Å². The molecule has 0 bridgehead atoms. The Morgan fingerprint density at radius 1 is 1.00 bits per heavy atom. The Balaban J connectivity index is 1.61. The van der Waals surface area contributed by atoms with E-state index in [-0.39, 0.29) is 5.54 Å². The largest absolute Gasteiger partial charge is 0.461 e. The van der Waals surface area contributed by atoms with E-state index in [1.54, 1.807) is 0 Å². The van der Waals surface area contributed by atoms with E-state index >= 15 is 0 Å². The van der Waals surface area contributed by atoms with Gasteiger partial charge in [-0.3, -0.25) is 0 Å². The van der Waals surface area contributed by atoms with Gasteiger partial charge in [0.2, 0.25) is 0 Å². The van der Waals surface area contributed by atoms with Gasteiger partial charge in [-0.25, -0.2) is 0 Å². The zero-order chi connectivity index (χ0) is 17.8. The number of benzene rings is 2. The van der Waals surface area contributed by atoms with Crippen LogP contribution in [0.4, 0.5) is 5.69 Å². The molecule has 0 aliphatic carbocycles. The first-order chi connectivity index (χ1) is 12.8. The normalized spacial score (nSPS) is 19.6. The zero-order valence-electron chi connectivity index (χ0n) is 15.3. The maximum Gasteiger partial charge on any atom is 0.143 e. The molecule has 1 saturated heterocycles. The Kier molecular flexibility index (Phi) is 4.81. The SMILES string of the molecule is C[C@@]1(CCNc2coc(-c3ccccc3)c2-c2ccccc2)CCCN1. The predicted molar refractivity (Wildman–Crippen MR) is 108 cm³/mol. The van der Waals surface area contributed by atoms with Crippen LogP contribution in [0.2, 0.25) is 0 Å². The van der Waals surface area contributed by atoms with Gasteiger partial charge in [0.1, 0.15) is 12.0 Å². The second-order valence-electron chi connectivity index (χ2n) is 7.35. The van der Waals surface area contributed by atoms with Crippen molar-refractivity contribution in [3.63, 3.8) is 0 Å². The number of anilines is 1. The second kappa shape index (κ2) is 7.38. The van der Waals surface area contributed by atoms with Crippen LogP contribution in [0.25, 0.3) is 22.5 Å². The van der Waals surface area contributed by atoms with E-state index in [9.17, 15) is 0 Å². The molecule has 0 spiro atoms. The maximum absolute atomic E-state index is 6.01. The van der Waals surface area contributed by atoms with Gasteiger partial charge in [0.05, 0.1) is 11.3 Å². The number of furan rings is 1. The average molecular weight is 346 g/mol. The van der Waals surface area contributed by atoms with Gasteiger partial charge < -0.3 is 15.1 Å². The second-order valence-corrected chi connectivity index (χ2v) is 7.35. The van der Waals surface area contributed by atoms with E-state index in [1.807, 2.05) is 30.5 Å². The fourth-order valence-electron chi connectivity index (χ4n) is 3.82. The van der Waals surface area contributed by atoms with Crippen LogP contribution in [0, 0.1) is 0 Å². The van der Waals surface area contributed by atoms with Crippen LogP contribution in [0.1, 0.15) is 26.2 Å². The summed E-state index contributed by atoms with van der Waals surface area (Å²) in [5.41, 5.74) is 4.74. The predicted octanol–water partition coefficient (Wildman–Crippen LogP) is 5.56. The first kappa shape index (κ1) is 16.9. The summed E-state index contributed by atoms with van der Waals surface area (Å²) in [4.78, 5) is 0. The van der Waals surface area contributed by atoms with E-state index in [0.29, 0.717) is 0 Å². The first-order valence-electron chi connectivity index (χ1n) is 9.46. The van der Waals surface area contributed by atoms with Gasteiger partial charge in [0, 0.05) is 17.6 Å². The molecule has 3 nitrogen and oxygen atoms in total. The zero-order valence-corrected chi connectivity index (χ0v) is 15.3. The third-order valence-electron chi connectivity index (χ3n) is 5.34. The Bertz CT molecular complexity index is 833. The van der Waals surface area contributed by atoms with Gasteiger partial charge in [0.25, 0.3) is 0 Å². The molecule has 1 fully saturated rings. The number of rotatable bonds is 6. The Labute approximate surface area is 155 Å². The lowest BCUT2D eigenvalue weighted by Gasteiger charge is -2.24. The van der Waals surface area contributed by atoms with E-state index in [0.717, 1.165) is 42.1 Å². The smallest absolute Gasteiger partial charge is 0.143 e. The van der Waals surface area contributed by atoms with E-state index < -0.39 is 0 Å². The van der Waals surface area contributed by atoms with E-state index in [4.69, 9.17) is 4.42 Å². The van der Waals surface area contributed by atoms with Crippen molar-refractivity contribution >= 4 is 5.69 Å². The van der Waals surface area contributed by atoms with Crippen LogP contribution in [-0.2, 0) is 0 Å². The molecule has 134 valence electrons.